The molecule has 0 radical (unpaired) electrons. The summed E-state index contributed by atoms with van der Waals surface area (Å²) in [6.07, 6.45) is 0. The van der Waals surface area contributed by atoms with Gasteiger partial charge in [0.1, 0.15) is 0 Å². The van der Waals surface area contributed by atoms with Crippen LogP contribution in [0.15, 0.2) is 206 Å². The number of aromatic nitrogens is 4. The van der Waals surface area contributed by atoms with Gasteiger partial charge in [0.05, 0.1) is 33.5 Å². The maximum atomic E-state index is 5.46. The molecule has 1 unspecified atom stereocenters. The van der Waals surface area contributed by atoms with Gasteiger partial charge in [-0.15, -0.1) is 0 Å². The predicted molar refractivity (Wildman–Crippen MR) is 239 cm³/mol. The number of fused-ring (bicyclic) bond motifs is 8. The van der Waals surface area contributed by atoms with E-state index in [4.69, 9.17) is 9.97 Å². The number of nitrogens with zero attached hydrogens (tertiary/aromatic N) is 4. The lowest BCUT2D eigenvalue weighted by molar-refractivity contribution is 0.996. The highest BCUT2D eigenvalue weighted by atomic mass is 28.3. The largest absolute Gasteiger partial charge is 0.309 e. The van der Waals surface area contributed by atoms with Gasteiger partial charge in [-0.1, -0.05) is 176 Å². The van der Waals surface area contributed by atoms with Gasteiger partial charge in [0.2, 0.25) is 5.95 Å². The lowest BCUT2D eigenvalue weighted by Gasteiger charge is -2.40. The number of hydrogen-bond acceptors (Lipinski definition) is 2. The van der Waals surface area contributed by atoms with Gasteiger partial charge < -0.3 is 4.57 Å². The SMILES string of the molecule is c1ccc(-c2cc(-c3cccc([Si]4(c5ccccc5)c5ccccc5-n5c6ccccc6c6cccc4c65)c3)nc(-n3c4ccccc4c4ccccc43)n2)cc1. The summed E-state index contributed by atoms with van der Waals surface area (Å²) < 4.78 is 4.74. The van der Waals surface area contributed by atoms with Crippen LogP contribution in [0.5, 0.6) is 0 Å². The summed E-state index contributed by atoms with van der Waals surface area (Å²) in [4.78, 5) is 10.8. The van der Waals surface area contributed by atoms with Gasteiger partial charge >= 0.3 is 0 Å². The zero-order valence-corrected chi connectivity index (χ0v) is 31.9. The molecule has 3 aromatic heterocycles. The first kappa shape index (κ1) is 32.0. The van der Waals surface area contributed by atoms with Crippen LogP contribution in [0.1, 0.15) is 0 Å². The third kappa shape index (κ3) is 4.55. The Kier molecular flexibility index (Phi) is 6.91. The molecule has 12 rings (SSSR count). The van der Waals surface area contributed by atoms with Crippen molar-refractivity contribution in [3.63, 3.8) is 0 Å². The summed E-state index contributed by atoms with van der Waals surface area (Å²) in [6, 6.07) is 75.2. The quantitative estimate of drug-likeness (QED) is 0.165. The molecule has 266 valence electrons. The third-order valence-electron chi connectivity index (χ3n) is 12.0. The Hall–Kier alpha value is -7.34. The highest BCUT2D eigenvalue weighted by molar-refractivity contribution is 7.21. The summed E-state index contributed by atoms with van der Waals surface area (Å²) in [6.45, 7) is 0. The van der Waals surface area contributed by atoms with Crippen LogP contribution in [0.3, 0.4) is 0 Å². The van der Waals surface area contributed by atoms with Crippen molar-refractivity contribution in [2.45, 2.75) is 0 Å². The van der Waals surface area contributed by atoms with E-state index in [-0.39, 0.29) is 0 Å². The second-order valence-corrected chi connectivity index (χ2v) is 18.7. The van der Waals surface area contributed by atoms with Crippen molar-refractivity contribution in [3.8, 4) is 34.2 Å². The van der Waals surface area contributed by atoms with Crippen molar-refractivity contribution in [3.05, 3.63) is 206 Å². The molecule has 11 aromatic rings. The highest BCUT2D eigenvalue weighted by Gasteiger charge is 2.47. The third-order valence-corrected chi connectivity index (χ3v) is 16.8. The van der Waals surface area contributed by atoms with Crippen molar-refractivity contribution >= 4 is 72.4 Å². The Morgan fingerprint density at radius 1 is 0.351 bits per heavy atom. The van der Waals surface area contributed by atoms with E-state index < -0.39 is 8.07 Å². The number of hydrogen-bond donors (Lipinski definition) is 0. The van der Waals surface area contributed by atoms with E-state index in [9.17, 15) is 0 Å². The molecule has 5 heteroatoms. The second kappa shape index (κ2) is 12.3. The molecule has 0 aliphatic carbocycles. The second-order valence-electron chi connectivity index (χ2n) is 14.9. The topological polar surface area (TPSA) is 35.6 Å². The Morgan fingerprint density at radius 3 is 1.56 bits per heavy atom. The molecule has 0 spiro atoms. The normalized spacial score (nSPS) is 14.7. The van der Waals surface area contributed by atoms with Crippen LogP contribution < -0.4 is 20.7 Å². The predicted octanol–water partition coefficient (Wildman–Crippen LogP) is 9.70. The first-order chi connectivity index (χ1) is 28.3. The van der Waals surface area contributed by atoms with Crippen molar-refractivity contribution in [2.24, 2.45) is 0 Å². The van der Waals surface area contributed by atoms with Gasteiger partial charge in [0.25, 0.3) is 0 Å². The van der Waals surface area contributed by atoms with E-state index in [0.717, 1.165) is 33.5 Å². The standard InChI is InChI=1S/C52H34N4Si/c1-3-17-35(18-4-1)43-34-44(54-52(53-43)56-46-28-11-7-23-39(46)40-24-8-12-29-47(40)56)36-19-15-22-38(33-36)57(37-20-5-2-6-21-37)49-31-14-13-30-48(49)55-45-27-10-9-25-41(45)42-26-16-32-50(57)51(42)55/h1-34H. The maximum absolute atomic E-state index is 5.46. The first-order valence-corrected chi connectivity index (χ1v) is 21.5. The Bertz CT molecular complexity index is 3310. The lowest BCUT2D eigenvalue weighted by atomic mass is 10.1. The molecule has 0 saturated carbocycles. The van der Waals surface area contributed by atoms with E-state index in [1.165, 1.54) is 59.0 Å². The lowest BCUT2D eigenvalue weighted by Crippen LogP contribution is -2.76. The molecule has 1 aliphatic heterocycles. The summed E-state index contributed by atoms with van der Waals surface area (Å²) in [5.74, 6) is 0.654. The molecule has 57 heavy (non-hydrogen) atoms. The molecule has 0 N–H and O–H groups in total. The average molecular weight is 743 g/mol. The van der Waals surface area contributed by atoms with Crippen LogP contribution in [-0.4, -0.2) is 27.2 Å². The van der Waals surface area contributed by atoms with Crippen LogP contribution in [0.4, 0.5) is 0 Å². The Balaban J connectivity index is 1.16. The van der Waals surface area contributed by atoms with Gasteiger partial charge in [0.15, 0.2) is 8.07 Å². The molecule has 4 heterocycles. The average Bonchev–Trinajstić information content (AvgIpc) is 3.81. The van der Waals surface area contributed by atoms with Crippen LogP contribution in [-0.2, 0) is 0 Å². The van der Waals surface area contributed by atoms with E-state index in [1.807, 2.05) is 0 Å². The molecular weight excluding hydrogens is 709 g/mol. The maximum Gasteiger partial charge on any atom is 0.235 e. The van der Waals surface area contributed by atoms with Crippen molar-refractivity contribution < 1.29 is 0 Å². The van der Waals surface area contributed by atoms with E-state index >= 15 is 0 Å². The summed E-state index contributed by atoms with van der Waals surface area (Å²) >= 11 is 0. The summed E-state index contributed by atoms with van der Waals surface area (Å²) in [7, 11) is -2.92. The van der Waals surface area contributed by atoms with E-state index in [1.54, 1.807) is 0 Å². The van der Waals surface area contributed by atoms with E-state index in [2.05, 4.69) is 215 Å². The van der Waals surface area contributed by atoms with Gasteiger partial charge in [-0.05, 0) is 51.1 Å². The van der Waals surface area contributed by atoms with E-state index in [0.29, 0.717) is 5.95 Å². The molecule has 1 aliphatic rings. The van der Waals surface area contributed by atoms with Crippen LogP contribution in [0, 0.1) is 0 Å². The molecule has 0 amide bonds. The van der Waals surface area contributed by atoms with Crippen LogP contribution in [0.25, 0.3) is 77.8 Å². The summed E-state index contributed by atoms with van der Waals surface area (Å²) in [5, 5.41) is 10.4. The fourth-order valence-corrected chi connectivity index (χ4v) is 14.8. The van der Waals surface area contributed by atoms with Crippen molar-refractivity contribution in [2.75, 3.05) is 0 Å². The molecule has 4 nitrogen and oxygen atoms in total. The number of rotatable bonds is 5. The fourth-order valence-electron chi connectivity index (χ4n) is 9.67. The zero-order valence-electron chi connectivity index (χ0n) is 30.9. The van der Waals surface area contributed by atoms with Gasteiger partial charge in [-0.2, -0.15) is 0 Å². The Labute approximate surface area is 330 Å². The number of para-hydroxylation sites is 5. The van der Waals surface area contributed by atoms with Crippen LogP contribution in [0.2, 0.25) is 0 Å². The van der Waals surface area contributed by atoms with Gasteiger partial charge in [0, 0.05) is 38.4 Å². The smallest absolute Gasteiger partial charge is 0.235 e. The monoisotopic (exact) mass is 742 g/mol. The molecule has 0 bridgehead atoms. The van der Waals surface area contributed by atoms with Crippen molar-refractivity contribution in [1.29, 1.82) is 0 Å². The minimum Gasteiger partial charge on any atom is -0.309 e. The van der Waals surface area contributed by atoms with Crippen LogP contribution >= 0.6 is 0 Å². The van der Waals surface area contributed by atoms with Crippen molar-refractivity contribution in [1.82, 2.24) is 19.1 Å². The molecule has 8 aromatic carbocycles. The fraction of sp³-hybridized carbons (Fsp3) is 0. The Morgan fingerprint density at radius 2 is 0.842 bits per heavy atom. The molecule has 1 atom stereocenters. The minimum absolute atomic E-state index is 0.654. The molecule has 0 saturated heterocycles. The number of benzene rings is 8. The highest BCUT2D eigenvalue weighted by Crippen LogP contribution is 2.36. The molecule has 0 fully saturated rings. The molecular formula is C52H34N4Si. The zero-order chi connectivity index (χ0) is 37.5. The first-order valence-electron chi connectivity index (χ1n) is 19.5. The van der Waals surface area contributed by atoms with Gasteiger partial charge in [-0.25, -0.2) is 9.97 Å². The summed E-state index contributed by atoms with van der Waals surface area (Å²) in [5.41, 5.74) is 9.85. The minimum atomic E-state index is -2.92. The van der Waals surface area contributed by atoms with Gasteiger partial charge in [-0.3, -0.25) is 4.57 Å².